The van der Waals surface area contributed by atoms with Gasteiger partial charge in [-0.1, -0.05) is 24.3 Å². The molecule has 0 radical (unpaired) electrons. The van der Waals surface area contributed by atoms with Gasteiger partial charge in [-0.15, -0.1) is 16.1 Å². The normalized spacial score (nSPS) is 16.1. The highest BCUT2D eigenvalue weighted by Crippen LogP contribution is 2.29. The Morgan fingerprint density at radius 3 is 2.30 bits per heavy atom. The van der Waals surface area contributed by atoms with Crippen LogP contribution in [0.2, 0.25) is 0 Å². The molecule has 6 heteroatoms. The fourth-order valence-electron chi connectivity index (χ4n) is 2.16. The van der Waals surface area contributed by atoms with Crippen molar-refractivity contribution < 1.29 is 9.66 Å². The monoisotopic (exact) mass is 352 g/mol. The van der Waals surface area contributed by atoms with Gasteiger partial charge >= 0.3 is 0 Å². The van der Waals surface area contributed by atoms with Crippen molar-refractivity contribution in [1.29, 1.82) is 0 Å². The fraction of sp³-hybridized carbons (Fsp3) is 0.471. The largest absolute Gasteiger partial charge is 0.598 e. The van der Waals surface area contributed by atoms with Crippen molar-refractivity contribution in [3.8, 4) is 10.4 Å². The van der Waals surface area contributed by atoms with Crippen molar-refractivity contribution in [2.75, 3.05) is 0 Å². The lowest BCUT2D eigenvalue weighted by atomic mass is 10.0. The Labute approximate surface area is 145 Å². The summed E-state index contributed by atoms with van der Waals surface area (Å²) in [5.74, 6) is 0. The third-order valence-electron chi connectivity index (χ3n) is 3.55. The van der Waals surface area contributed by atoms with Crippen molar-refractivity contribution in [2.45, 2.75) is 51.5 Å². The van der Waals surface area contributed by atoms with Gasteiger partial charge in [0.1, 0.15) is 10.8 Å². The van der Waals surface area contributed by atoms with Gasteiger partial charge in [-0.3, -0.25) is 0 Å². The summed E-state index contributed by atoms with van der Waals surface area (Å²) >= 11 is 0.367. The van der Waals surface area contributed by atoms with E-state index in [1.807, 2.05) is 57.5 Å². The van der Waals surface area contributed by atoms with E-state index in [9.17, 15) is 9.66 Å². The van der Waals surface area contributed by atoms with E-state index in [0.717, 1.165) is 21.7 Å². The van der Waals surface area contributed by atoms with Gasteiger partial charge in [0.2, 0.25) is 0 Å². The molecule has 23 heavy (non-hydrogen) atoms. The molecular formula is C17H24N2O2S2. The second kappa shape index (κ2) is 7.32. The summed E-state index contributed by atoms with van der Waals surface area (Å²) in [6.07, 6.45) is -0.641. The number of hydrogen-bond acceptors (Lipinski definition) is 5. The Morgan fingerprint density at radius 1 is 1.26 bits per heavy atom. The number of rotatable bonds is 5. The molecule has 0 spiro atoms. The molecule has 0 aliphatic rings. The Bertz CT molecular complexity index is 633. The summed E-state index contributed by atoms with van der Waals surface area (Å²) < 4.78 is 15.0. The molecule has 2 aromatic rings. The molecule has 0 fully saturated rings. The van der Waals surface area contributed by atoms with E-state index in [2.05, 4.69) is 9.71 Å². The maximum atomic E-state index is 12.3. The maximum absolute atomic E-state index is 12.3. The van der Waals surface area contributed by atoms with Crippen molar-refractivity contribution in [3.05, 3.63) is 41.0 Å². The highest BCUT2D eigenvalue weighted by Gasteiger charge is 2.31. The highest BCUT2D eigenvalue weighted by molar-refractivity contribution is 7.90. The van der Waals surface area contributed by atoms with Crippen LogP contribution in [0.5, 0.6) is 0 Å². The number of hydrogen-bond donors (Lipinski definition) is 2. The Balaban J connectivity index is 2.22. The minimum atomic E-state index is -1.24. The number of nitrogens with one attached hydrogen (secondary N) is 1. The lowest BCUT2D eigenvalue weighted by Gasteiger charge is -2.29. The first-order valence-corrected chi connectivity index (χ1v) is 9.59. The van der Waals surface area contributed by atoms with Crippen LogP contribution in [0, 0.1) is 6.92 Å². The van der Waals surface area contributed by atoms with Crippen molar-refractivity contribution in [2.24, 2.45) is 0 Å². The molecule has 2 N–H and O–H groups in total. The van der Waals surface area contributed by atoms with E-state index in [1.54, 1.807) is 18.3 Å². The summed E-state index contributed by atoms with van der Waals surface area (Å²) in [4.78, 5) is 5.42. The van der Waals surface area contributed by atoms with Gasteiger partial charge in [0.15, 0.2) is 0 Å². The predicted octanol–water partition coefficient (Wildman–Crippen LogP) is 3.59. The third-order valence-corrected chi connectivity index (χ3v) is 6.11. The van der Waals surface area contributed by atoms with E-state index in [0.29, 0.717) is 0 Å². The lowest BCUT2D eigenvalue weighted by Crippen LogP contribution is -2.44. The van der Waals surface area contributed by atoms with Gasteiger partial charge < -0.3 is 9.66 Å². The molecule has 0 aliphatic carbocycles. The summed E-state index contributed by atoms with van der Waals surface area (Å²) in [6, 6.07) is 7.61. The molecule has 4 nitrogen and oxygen atoms in total. The van der Waals surface area contributed by atoms with Crippen LogP contribution in [0.25, 0.3) is 10.4 Å². The quantitative estimate of drug-likeness (QED) is 0.807. The van der Waals surface area contributed by atoms with Gasteiger partial charge in [-0.05, 0) is 45.7 Å². The average molecular weight is 353 g/mol. The van der Waals surface area contributed by atoms with Crippen LogP contribution in [-0.4, -0.2) is 25.5 Å². The minimum Gasteiger partial charge on any atom is -0.598 e. The predicted molar refractivity (Wildman–Crippen MR) is 97.7 cm³/mol. The molecular weight excluding hydrogens is 328 g/mol. The first-order valence-electron chi connectivity index (χ1n) is 7.56. The molecule has 0 saturated carbocycles. The number of aliphatic hydroxyl groups excluding tert-OH is 1. The summed E-state index contributed by atoms with van der Waals surface area (Å²) in [7, 11) is 0. The van der Waals surface area contributed by atoms with E-state index in [-0.39, 0.29) is 10.8 Å². The first-order chi connectivity index (χ1) is 10.7. The first kappa shape index (κ1) is 18.4. The second-order valence-corrected chi connectivity index (χ2v) is 9.46. The molecule has 1 aromatic heterocycles. The van der Waals surface area contributed by atoms with E-state index in [4.69, 9.17) is 0 Å². The lowest BCUT2D eigenvalue weighted by molar-refractivity contribution is 0.156. The van der Waals surface area contributed by atoms with E-state index < -0.39 is 17.5 Å². The molecule has 3 atom stereocenters. The fourth-order valence-corrected chi connectivity index (χ4v) is 3.89. The molecule has 0 aliphatic heterocycles. The van der Waals surface area contributed by atoms with Crippen LogP contribution in [0.15, 0.2) is 29.8 Å². The number of nitrogens with zero attached hydrogens (tertiary/aromatic N) is 1. The number of benzene rings is 1. The van der Waals surface area contributed by atoms with Gasteiger partial charge in [0.25, 0.3) is 0 Å². The highest BCUT2D eigenvalue weighted by atomic mass is 32.2. The van der Waals surface area contributed by atoms with Crippen LogP contribution >= 0.6 is 11.3 Å². The molecule has 1 heterocycles. The topological polar surface area (TPSA) is 68.2 Å². The Morgan fingerprint density at radius 2 is 1.87 bits per heavy atom. The van der Waals surface area contributed by atoms with E-state index in [1.165, 1.54) is 0 Å². The molecule has 2 rings (SSSR count). The average Bonchev–Trinajstić information content (AvgIpc) is 2.89. The van der Waals surface area contributed by atoms with Crippen LogP contribution < -0.4 is 4.72 Å². The molecule has 1 aromatic carbocycles. The molecule has 0 saturated heterocycles. The second-order valence-electron chi connectivity index (χ2n) is 6.61. The van der Waals surface area contributed by atoms with Gasteiger partial charge in [-0.2, -0.15) is 0 Å². The standard InChI is InChI=1S/C17H24N2O2S2/c1-11-16(22-10-18-11)14-8-6-13(7-9-14)15(12(2)20)19-23(21)17(3,4)5/h6-10,12,15,19-20H,1-5H3/t12-,15-,23-/m0/s1. The molecule has 0 unspecified atom stereocenters. The zero-order chi connectivity index (χ0) is 17.2. The Kier molecular flexibility index (Phi) is 5.86. The molecule has 126 valence electrons. The molecule has 0 bridgehead atoms. The van der Waals surface area contributed by atoms with Crippen molar-refractivity contribution in [1.82, 2.24) is 9.71 Å². The number of thiazole rings is 1. The number of aliphatic hydroxyl groups is 1. The van der Waals surface area contributed by atoms with Gasteiger partial charge in [0.05, 0.1) is 22.2 Å². The van der Waals surface area contributed by atoms with Gasteiger partial charge in [0, 0.05) is 11.4 Å². The summed E-state index contributed by atoms with van der Waals surface area (Å²) in [5, 5.41) is 10.1. The zero-order valence-electron chi connectivity index (χ0n) is 14.2. The van der Waals surface area contributed by atoms with Crippen LogP contribution in [-0.2, 0) is 11.4 Å². The van der Waals surface area contributed by atoms with Crippen molar-refractivity contribution in [3.63, 3.8) is 0 Å². The smallest absolute Gasteiger partial charge is 0.136 e. The SMILES string of the molecule is Cc1ncsc1-c1ccc([C@@H](N[S@@+]([O-])C(C)(C)C)[C@H](C)O)cc1. The summed E-state index contributed by atoms with van der Waals surface area (Å²) in [5.41, 5.74) is 4.88. The van der Waals surface area contributed by atoms with Crippen molar-refractivity contribution >= 4 is 22.7 Å². The molecule has 0 amide bonds. The zero-order valence-corrected chi connectivity index (χ0v) is 15.8. The number of aromatic nitrogens is 1. The number of aryl methyl sites for hydroxylation is 1. The van der Waals surface area contributed by atoms with Crippen LogP contribution in [0.1, 0.15) is 45.0 Å². The Hall–Kier alpha value is -0.920. The maximum Gasteiger partial charge on any atom is 0.136 e. The third kappa shape index (κ3) is 4.55. The van der Waals surface area contributed by atoms with Crippen LogP contribution in [0.3, 0.4) is 0 Å². The van der Waals surface area contributed by atoms with Gasteiger partial charge in [-0.25, -0.2) is 4.98 Å². The summed E-state index contributed by atoms with van der Waals surface area (Å²) in [6.45, 7) is 9.42. The van der Waals surface area contributed by atoms with E-state index >= 15 is 0 Å². The van der Waals surface area contributed by atoms with Crippen LogP contribution in [0.4, 0.5) is 0 Å². The minimum absolute atomic E-state index is 0.369.